The Bertz CT molecular complexity index is 894. The Balaban J connectivity index is 0.00000196. The Morgan fingerprint density at radius 3 is 2.77 bits per heavy atom. The van der Waals surface area contributed by atoms with E-state index in [1.807, 2.05) is 0 Å². The lowest BCUT2D eigenvalue weighted by Gasteiger charge is -2.22. The quantitative estimate of drug-likeness (QED) is 0.741. The fourth-order valence-electron chi connectivity index (χ4n) is 3.24. The zero-order chi connectivity index (χ0) is 17.2. The summed E-state index contributed by atoms with van der Waals surface area (Å²) in [6.07, 6.45) is 2.23. The van der Waals surface area contributed by atoms with Crippen LogP contribution in [0.15, 0.2) is 42.5 Å². The van der Waals surface area contributed by atoms with Gasteiger partial charge < -0.3 is 10.1 Å². The van der Waals surface area contributed by atoms with Crippen molar-refractivity contribution in [3.8, 4) is 11.6 Å². The second kappa shape index (κ2) is 8.01. The van der Waals surface area contributed by atoms with Crippen molar-refractivity contribution in [2.24, 2.45) is 5.92 Å². The molecule has 3 aromatic rings. The topological polar surface area (TPSA) is 39.1 Å². The molecule has 26 heavy (non-hydrogen) atoms. The summed E-state index contributed by atoms with van der Waals surface area (Å²) in [5.74, 6) is 0.0931. The van der Waals surface area contributed by atoms with Crippen LogP contribution in [0.5, 0.6) is 5.88 Å². The molecular formula is C19H20ClF2N3O. The first-order valence-corrected chi connectivity index (χ1v) is 8.48. The van der Waals surface area contributed by atoms with E-state index in [0.717, 1.165) is 25.9 Å². The number of nitrogens with zero attached hydrogens (tertiary/aromatic N) is 2. The maximum atomic E-state index is 13.7. The van der Waals surface area contributed by atoms with Crippen molar-refractivity contribution in [2.45, 2.75) is 12.8 Å². The van der Waals surface area contributed by atoms with E-state index < -0.39 is 0 Å². The molecule has 0 spiro atoms. The van der Waals surface area contributed by atoms with E-state index >= 15 is 0 Å². The van der Waals surface area contributed by atoms with Gasteiger partial charge in [0.1, 0.15) is 11.6 Å². The average molecular weight is 380 g/mol. The number of rotatable bonds is 4. The Labute approximate surface area is 156 Å². The van der Waals surface area contributed by atoms with E-state index in [-0.39, 0.29) is 24.0 Å². The lowest BCUT2D eigenvalue weighted by atomic mass is 10.0. The maximum absolute atomic E-state index is 13.7. The summed E-state index contributed by atoms with van der Waals surface area (Å²) in [6, 6.07) is 10.6. The summed E-state index contributed by atoms with van der Waals surface area (Å²) in [6.45, 7) is 2.48. The SMILES string of the molecule is Cl.Fc1cccc(-n2nc(OCC3CCCNC3)c3cc(F)ccc32)c1. The fraction of sp³-hybridized carbons (Fsp3) is 0.316. The second-order valence-corrected chi connectivity index (χ2v) is 6.38. The molecule has 7 heteroatoms. The van der Waals surface area contributed by atoms with Gasteiger partial charge in [-0.2, -0.15) is 0 Å². The molecule has 1 unspecified atom stereocenters. The highest BCUT2D eigenvalue weighted by atomic mass is 35.5. The molecule has 0 bridgehead atoms. The van der Waals surface area contributed by atoms with Crippen molar-refractivity contribution in [2.75, 3.05) is 19.7 Å². The molecule has 0 saturated carbocycles. The van der Waals surface area contributed by atoms with Crippen molar-refractivity contribution in [1.29, 1.82) is 0 Å². The molecule has 0 aliphatic carbocycles. The standard InChI is InChI=1S/C19H19F2N3O.ClH/c20-14-4-1-5-16(9-14)24-18-7-6-15(21)10-17(18)19(23-24)25-12-13-3-2-8-22-11-13;/h1,4-7,9-10,13,22H,2-3,8,11-12H2;1H. The number of fused-ring (bicyclic) bond motifs is 1. The number of ether oxygens (including phenoxy) is 1. The summed E-state index contributed by atoms with van der Waals surface area (Å²) in [5.41, 5.74) is 1.26. The average Bonchev–Trinajstić information content (AvgIpc) is 2.99. The molecule has 4 rings (SSSR count). The van der Waals surface area contributed by atoms with Gasteiger partial charge in [-0.1, -0.05) is 6.07 Å². The molecule has 1 aromatic heterocycles. The zero-order valence-corrected chi connectivity index (χ0v) is 14.9. The van der Waals surface area contributed by atoms with Gasteiger partial charge in [0.25, 0.3) is 0 Å². The molecular weight excluding hydrogens is 360 g/mol. The largest absolute Gasteiger partial charge is 0.476 e. The van der Waals surface area contributed by atoms with Gasteiger partial charge in [0.2, 0.25) is 5.88 Å². The number of halogens is 3. The van der Waals surface area contributed by atoms with Crippen LogP contribution in [0.3, 0.4) is 0 Å². The number of aromatic nitrogens is 2. The van der Waals surface area contributed by atoms with Crippen LogP contribution in [0.1, 0.15) is 12.8 Å². The van der Waals surface area contributed by atoms with E-state index in [9.17, 15) is 8.78 Å². The minimum Gasteiger partial charge on any atom is -0.476 e. The third kappa shape index (κ3) is 3.81. The van der Waals surface area contributed by atoms with Crippen LogP contribution in [0.25, 0.3) is 16.6 Å². The van der Waals surface area contributed by atoms with Crippen molar-refractivity contribution in [1.82, 2.24) is 15.1 Å². The Hall–Kier alpha value is -2.18. The van der Waals surface area contributed by atoms with Gasteiger partial charge >= 0.3 is 0 Å². The van der Waals surface area contributed by atoms with Crippen LogP contribution < -0.4 is 10.1 Å². The van der Waals surface area contributed by atoms with Gasteiger partial charge in [0.05, 0.1) is 23.2 Å². The highest BCUT2D eigenvalue weighted by Crippen LogP contribution is 2.29. The molecule has 0 radical (unpaired) electrons. The highest BCUT2D eigenvalue weighted by Gasteiger charge is 2.18. The van der Waals surface area contributed by atoms with E-state index in [0.29, 0.717) is 35.0 Å². The smallest absolute Gasteiger partial charge is 0.241 e. The molecule has 1 aliphatic rings. The van der Waals surface area contributed by atoms with E-state index in [1.54, 1.807) is 22.9 Å². The minimum absolute atomic E-state index is 0. The first-order valence-electron chi connectivity index (χ1n) is 8.48. The Morgan fingerprint density at radius 2 is 2.00 bits per heavy atom. The van der Waals surface area contributed by atoms with E-state index in [1.165, 1.54) is 24.3 Å². The molecule has 1 aliphatic heterocycles. The van der Waals surface area contributed by atoms with Crippen LogP contribution in [0, 0.1) is 17.6 Å². The minimum atomic E-state index is -0.351. The number of benzene rings is 2. The Kier molecular flexibility index (Phi) is 5.74. The molecule has 2 aromatic carbocycles. The molecule has 138 valence electrons. The predicted octanol–water partition coefficient (Wildman–Crippen LogP) is 4.10. The molecule has 0 amide bonds. The van der Waals surface area contributed by atoms with Crippen molar-refractivity contribution in [3.05, 3.63) is 54.1 Å². The number of nitrogens with one attached hydrogen (secondary N) is 1. The van der Waals surface area contributed by atoms with Crippen LogP contribution in [0.4, 0.5) is 8.78 Å². The lowest BCUT2D eigenvalue weighted by molar-refractivity contribution is 0.213. The van der Waals surface area contributed by atoms with Crippen LogP contribution in [-0.4, -0.2) is 29.5 Å². The molecule has 4 nitrogen and oxygen atoms in total. The first-order chi connectivity index (χ1) is 12.2. The second-order valence-electron chi connectivity index (χ2n) is 6.38. The van der Waals surface area contributed by atoms with Crippen LogP contribution in [-0.2, 0) is 0 Å². The number of hydrogen-bond donors (Lipinski definition) is 1. The van der Waals surface area contributed by atoms with Crippen LogP contribution >= 0.6 is 12.4 Å². The van der Waals surface area contributed by atoms with Gasteiger partial charge in [-0.05, 0) is 55.8 Å². The molecule has 1 fully saturated rings. The maximum Gasteiger partial charge on any atom is 0.241 e. The van der Waals surface area contributed by atoms with Gasteiger partial charge in [0, 0.05) is 12.5 Å². The van der Waals surface area contributed by atoms with Gasteiger partial charge in [-0.25, -0.2) is 13.5 Å². The summed E-state index contributed by atoms with van der Waals surface area (Å²) in [4.78, 5) is 0. The Morgan fingerprint density at radius 1 is 1.15 bits per heavy atom. The third-order valence-electron chi connectivity index (χ3n) is 4.52. The highest BCUT2D eigenvalue weighted by molar-refractivity contribution is 5.86. The van der Waals surface area contributed by atoms with E-state index in [4.69, 9.17) is 4.74 Å². The monoisotopic (exact) mass is 379 g/mol. The fourth-order valence-corrected chi connectivity index (χ4v) is 3.24. The summed E-state index contributed by atoms with van der Waals surface area (Å²) < 4.78 is 34.8. The number of piperidine rings is 1. The third-order valence-corrected chi connectivity index (χ3v) is 4.52. The molecule has 1 N–H and O–H groups in total. The molecule has 1 saturated heterocycles. The summed E-state index contributed by atoms with van der Waals surface area (Å²) in [7, 11) is 0. The molecule has 2 heterocycles. The molecule has 1 atom stereocenters. The summed E-state index contributed by atoms with van der Waals surface area (Å²) >= 11 is 0. The number of hydrogen-bond acceptors (Lipinski definition) is 3. The van der Waals surface area contributed by atoms with E-state index in [2.05, 4.69) is 10.4 Å². The summed E-state index contributed by atoms with van der Waals surface area (Å²) in [5, 5.41) is 8.41. The van der Waals surface area contributed by atoms with Crippen molar-refractivity contribution >= 4 is 23.3 Å². The lowest BCUT2D eigenvalue weighted by Crippen LogP contribution is -2.33. The van der Waals surface area contributed by atoms with Gasteiger partial charge in [-0.15, -0.1) is 17.5 Å². The predicted molar refractivity (Wildman–Crippen MR) is 99.3 cm³/mol. The zero-order valence-electron chi connectivity index (χ0n) is 14.1. The van der Waals surface area contributed by atoms with Crippen molar-refractivity contribution < 1.29 is 13.5 Å². The van der Waals surface area contributed by atoms with Crippen molar-refractivity contribution in [3.63, 3.8) is 0 Å². The van der Waals surface area contributed by atoms with Gasteiger partial charge in [-0.3, -0.25) is 0 Å². The van der Waals surface area contributed by atoms with Crippen LogP contribution in [0.2, 0.25) is 0 Å². The normalized spacial score (nSPS) is 17.1. The first kappa shape index (κ1) is 18.6. The van der Waals surface area contributed by atoms with Gasteiger partial charge in [0.15, 0.2) is 0 Å².